The predicted octanol–water partition coefficient (Wildman–Crippen LogP) is 5.30. The minimum atomic E-state index is 0.821. The monoisotopic (exact) mass is 433 g/mol. The van der Waals surface area contributed by atoms with Crippen molar-refractivity contribution < 1.29 is 0 Å². The molecular weight excluding hydrogens is 422 g/mol. The second kappa shape index (κ2) is 6.34. The molecule has 7 heteroatoms. The van der Waals surface area contributed by atoms with Gasteiger partial charge in [0.1, 0.15) is 5.82 Å². The Hall–Kier alpha value is -0.110. The van der Waals surface area contributed by atoms with Gasteiger partial charge in [-0.3, -0.25) is 0 Å². The van der Waals surface area contributed by atoms with Crippen molar-refractivity contribution in [3.8, 4) is 10.7 Å². The SMILES string of the molecule is CCCNc1nc(-c2cc(Br)c(Br)s2)nc2c1CSC2. The molecule has 0 bridgehead atoms. The molecular formula is C13H13Br2N3S2. The molecule has 0 saturated carbocycles. The summed E-state index contributed by atoms with van der Waals surface area (Å²) in [7, 11) is 0. The van der Waals surface area contributed by atoms with Crippen LogP contribution in [0.25, 0.3) is 10.7 Å². The Bertz CT molecular complexity index is 623. The van der Waals surface area contributed by atoms with E-state index >= 15 is 0 Å². The largest absolute Gasteiger partial charge is 0.370 e. The van der Waals surface area contributed by atoms with Gasteiger partial charge in [0, 0.05) is 28.1 Å². The minimum Gasteiger partial charge on any atom is -0.370 e. The summed E-state index contributed by atoms with van der Waals surface area (Å²) < 4.78 is 2.13. The lowest BCUT2D eigenvalue weighted by Crippen LogP contribution is -2.07. The topological polar surface area (TPSA) is 37.8 Å². The molecule has 2 aromatic heterocycles. The van der Waals surface area contributed by atoms with Crippen molar-refractivity contribution in [2.24, 2.45) is 0 Å². The number of nitrogens with zero attached hydrogens (tertiary/aromatic N) is 2. The quantitative estimate of drug-likeness (QED) is 0.708. The van der Waals surface area contributed by atoms with Gasteiger partial charge in [-0.25, -0.2) is 9.97 Å². The van der Waals surface area contributed by atoms with Crippen LogP contribution >= 0.6 is 55.0 Å². The van der Waals surface area contributed by atoms with Crippen LogP contribution in [0, 0.1) is 0 Å². The van der Waals surface area contributed by atoms with E-state index in [2.05, 4.69) is 50.2 Å². The maximum atomic E-state index is 4.74. The summed E-state index contributed by atoms with van der Waals surface area (Å²) in [5.74, 6) is 3.83. The van der Waals surface area contributed by atoms with Crippen molar-refractivity contribution in [2.45, 2.75) is 24.9 Å². The molecule has 20 heavy (non-hydrogen) atoms. The van der Waals surface area contributed by atoms with E-state index in [0.29, 0.717) is 0 Å². The van der Waals surface area contributed by atoms with E-state index in [9.17, 15) is 0 Å². The van der Waals surface area contributed by atoms with Crippen LogP contribution in [0.4, 0.5) is 5.82 Å². The van der Waals surface area contributed by atoms with E-state index in [4.69, 9.17) is 9.97 Å². The van der Waals surface area contributed by atoms with Gasteiger partial charge in [0.15, 0.2) is 5.82 Å². The molecule has 2 aromatic rings. The Kier molecular flexibility index (Phi) is 4.69. The maximum Gasteiger partial charge on any atom is 0.171 e. The summed E-state index contributed by atoms with van der Waals surface area (Å²) in [4.78, 5) is 10.6. The Morgan fingerprint density at radius 1 is 1.30 bits per heavy atom. The lowest BCUT2D eigenvalue weighted by Gasteiger charge is -2.10. The fourth-order valence-corrected chi connectivity index (χ4v) is 5.02. The highest BCUT2D eigenvalue weighted by atomic mass is 79.9. The van der Waals surface area contributed by atoms with E-state index < -0.39 is 0 Å². The number of hydrogen-bond donors (Lipinski definition) is 1. The number of rotatable bonds is 4. The number of hydrogen-bond acceptors (Lipinski definition) is 5. The van der Waals surface area contributed by atoms with Crippen LogP contribution in [0.1, 0.15) is 24.6 Å². The van der Waals surface area contributed by atoms with E-state index in [1.54, 1.807) is 11.3 Å². The zero-order valence-electron chi connectivity index (χ0n) is 10.9. The van der Waals surface area contributed by atoms with Gasteiger partial charge in [-0.05, 0) is 44.3 Å². The van der Waals surface area contributed by atoms with Gasteiger partial charge in [-0.2, -0.15) is 11.8 Å². The molecule has 0 saturated heterocycles. The van der Waals surface area contributed by atoms with Crippen LogP contribution in [0.15, 0.2) is 14.3 Å². The average molecular weight is 435 g/mol. The molecule has 3 rings (SSSR count). The summed E-state index contributed by atoms with van der Waals surface area (Å²) in [5.41, 5.74) is 2.46. The van der Waals surface area contributed by atoms with Gasteiger partial charge in [0.05, 0.1) is 14.4 Å². The number of anilines is 1. The number of thiophene rings is 1. The zero-order valence-corrected chi connectivity index (χ0v) is 15.7. The van der Waals surface area contributed by atoms with Crippen LogP contribution in [0.3, 0.4) is 0 Å². The molecule has 0 aromatic carbocycles. The molecule has 3 heterocycles. The fourth-order valence-electron chi connectivity index (χ4n) is 2.01. The molecule has 1 N–H and O–H groups in total. The maximum absolute atomic E-state index is 4.74. The fraction of sp³-hybridized carbons (Fsp3) is 0.385. The zero-order chi connectivity index (χ0) is 14.1. The summed E-state index contributed by atoms with van der Waals surface area (Å²) >= 11 is 10.6. The van der Waals surface area contributed by atoms with Crippen molar-refractivity contribution in [1.29, 1.82) is 0 Å². The first-order valence-corrected chi connectivity index (χ1v) is 9.91. The number of aromatic nitrogens is 2. The smallest absolute Gasteiger partial charge is 0.171 e. The lowest BCUT2D eigenvalue weighted by atomic mass is 10.2. The minimum absolute atomic E-state index is 0.821. The average Bonchev–Trinajstić information content (AvgIpc) is 3.03. The van der Waals surface area contributed by atoms with Crippen molar-refractivity contribution in [3.63, 3.8) is 0 Å². The molecule has 0 spiro atoms. The summed E-state index contributed by atoms with van der Waals surface area (Å²) in [6, 6.07) is 2.07. The number of nitrogens with one attached hydrogen (secondary N) is 1. The van der Waals surface area contributed by atoms with Crippen LogP contribution in [0.5, 0.6) is 0 Å². The highest BCUT2D eigenvalue weighted by molar-refractivity contribution is 9.13. The number of halogens is 2. The van der Waals surface area contributed by atoms with Gasteiger partial charge < -0.3 is 5.32 Å². The Balaban J connectivity index is 2.03. The first-order valence-electron chi connectivity index (χ1n) is 6.35. The first kappa shape index (κ1) is 14.8. The molecule has 0 atom stereocenters. The highest BCUT2D eigenvalue weighted by Gasteiger charge is 2.21. The summed E-state index contributed by atoms with van der Waals surface area (Å²) in [6.45, 7) is 3.11. The van der Waals surface area contributed by atoms with E-state index in [1.807, 2.05) is 11.8 Å². The summed E-state index contributed by atoms with van der Waals surface area (Å²) in [6.07, 6.45) is 1.09. The van der Waals surface area contributed by atoms with Crippen molar-refractivity contribution in [2.75, 3.05) is 11.9 Å². The molecule has 0 fully saturated rings. The Morgan fingerprint density at radius 2 is 2.15 bits per heavy atom. The molecule has 1 aliphatic heterocycles. The molecule has 0 amide bonds. The standard InChI is InChI=1S/C13H13Br2N3S2/c1-2-3-16-12-7-5-19-6-9(7)17-13(18-12)10-4-8(14)11(15)20-10/h4H,2-3,5-6H2,1H3,(H,16,17,18). The van der Waals surface area contributed by atoms with Gasteiger partial charge in [-0.1, -0.05) is 6.92 Å². The predicted molar refractivity (Wildman–Crippen MR) is 94.5 cm³/mol. The normalized spacial score (nSPS) is 13.6. The molecule has 0 unspecified atom stereocenters. The molecule has 1 aliphatic rings. The third-order valence-electron chi connectivity index (χ3n) is 2.99. The Labute approximate surface area is 143 Å². The van der Waals surface area contributed by atoms with Crippen LogP contribution in [-0.4, -0.2) is 16.5 Å². The third-order valence-corrected chi connectivity index (χ3v) is 7.21. The van der Waals surface area contributed by atoms with Gasteiger partial charge >= 0.3 is 0 Å². The number of thioether (sulfide) groups is 1. The van der Waals surface area contributed by atoms with Crippen molar-refractivity contribution >= 4 is 60.8 Å². The van der Waals surface area contributed by atoms with E-state index in [1.165, 1.54) is 11.3 Å². The van der Waals surface area contributed by atoms with Crippen LogP contribution < -0.4 is 5.32 Å². The highest BCUT2D eigenvalue weighted by Crippen LogP contribution is 2.39. The molecule has 3 nitrogen and oxygen atoms in total. The van der Waals surface area contributed by atoms with E-state index in [-0.39, 0.29) is 0 Å². The van der Waals surface area contributed by atoms with Crippen LogP contribution in [0.2, 0.25) is 0 Å². The van der Waals surface area contributed by atoms with E-state index in [0.717, 1.165) is 49.2 Å². The van der Waals surface area contributed by atoms with Crippen molar-refractivity contribution in [1.82, 2.24) is 9.97 Å². The molecule has 106 valence electrons. The number of fused-ring (bicyclic) bond motifs is 1. The summed E-state index contributed by atoms with van der Waals surface area (Å²) in [5, 5.41) is 3.44. The van der Waals surface area contributed by atoms with Crippen molar-refractivity contribution in [3.05, 3.63) is 25.6 Å². The third kappa shape index (κ3) is 2.91. The lowest BCUT2D eigenvalue weighted by molar-refractivity contribution is 0.956. The molecule has 0 radical (unpaired) electrons. The molecule has 0 aliphatic carbocycles. The second-order valence-electron chi connectivity index (χ2n) is 4.47. The van der Waals surface area contributed by atoms with Gasteiger partial charge in [0.2, 0.25) is 0 Å². The van der Waals surface area contributed by atoms with Gasteiger partial charge in [-0.15, -0.1) is 11.3 Å². The second-order valence-corrected chi connectivity index (χ2v) is 8.68. The first-order chi connectivity index (χ1) is 9.69. The van der Waals surface area contributed by atoms with Gasteiger partial charge in [0.25, 0.3) is 0 Å². The Morgan fingerprint density at radius 3 is 2.85 bits per heavy atom. The van der Waals surface area contributed by atoms with Crippen LogP contribution in [-0.2, 0) is 11.5 Å².